The van der Waals surface area contributed by atoms with Gasteiger partial charge in [-0.3, -0.25) is 9.58 Å². The molecule has 2 aliphatic rings. The van der Waals surface area contributed by atoms with Crippen molar-refractivity contribution in [1.29, 1.82) is 0 Å². The third kappa shape index (κ3) is 3.50. The molecule has 0 amide bonds. The highest BCUT2D eigenvalue weighted by molar-refractivity contribution is 7.18. The van der Waals surface area contributed by atoms with Crippen molar-refractivity contribution in [2.75, 3.05) is 37.7 Å². The van der Waals surface area contributed by atoms with Crippen molar-refractivity contribution in [1.82, 2.24) is 24.6 Å². The van der Waals surface area contributed by atoms with Crippen molar-refractivity contribution in [3.8, 4) is 0 Å². The summed E-state index contributed by atoms with van der Waals surface area (Å²) in [6.07, 6.45) is 6.52. The number of likely N-dealkylation sites (tertiary alicyclic amines) is 1. The van der Waals surface area contributed by atoms with Crippen molar-refractivity contribution in [2.45, 2.75) is 45.8 Å². The molecule has 0 aliphatic carbocycles. The molecule has 5 heterocycles. The van der Waals surface area contributed by atoms with E-state index in [2.05, 4.69) is 41.9 Å². The third-order valence-electron chi connectivity index (χ3n) is 6.51. The highest BCUT2D eigenvalue weighted by atomic mass is 32.1. The van der Waals surface area contributed by atoms with E-state index in [-0.39, 0.29) is 0 Å². The molecule has 3 aromatic heterocycles. The fraction of sp³-hybridized carbons (Fsp3) is 0.591. The first-order chi connectivity index (χ1) is 14.4. The molecule has 0 aromatic carbocycles. The van der Waals surface area contributed by atoms with Gasteiger partial charge in [-0.1, -0.05) is 0 Å². The standard InChI is InChI=1S/C22H30N6OS/c1-15-16(2)30-21-19(15)20(24-18(25-21)13-27-7-5-6-8-27)28-9-10-29-22(3,14-28)17-11-23-26(4)12-17/h11-12H,5-10,13-14H2,1-4H3. The predicted molar refractivity (Wildman–Crippen MR) is 120 cm³/mol. The minimum atomic E-state index is -0.405. The molecule has 2 aliphatic heterocycles. The van der Waals surface area contributed by atoms with Gasteiger partial charge in [0, 0.05) is 30.2 Å². The molecule has 5 rings (SSSR count). The second-order valence-electron chi connectivity index (χ2n) is 8.81. The van der Waals surface area contributed by atoms with Crippen LogP contribution in [0.2, 0.25) is 0 Å². The van der Waals surface area contributed by atoms with Gasteiger partial charge in [0.2, 0.25) is 0 Å². The van der Waals surface area contributed by atoms with Crippen molar-refractivity contribution < 1.29 is 4.74 Å². The van der Waals surface area contributed by atoms with Gasteiger partial charge in [0.25, 0.3) is 0 Å². The van der Waals surface area contributed by atoms with Gasteiger partial charge in [0.15, 0.2) is 0 Å². The zero-order valence-corrected chi connectivity index (χ0v) is 19.1. The Labute approximate surface area is 181 Å². The molecule has 7 nitrogen and oxygen atoms in total. The number of hydrogen-bond acceptors (Lipinski definition) is 7. The van der Waals surface area contributed by atoms with E-state index in [1.807, 2.05) is 17.9 Å². The van der Waals surface area contributed by atoms with Crippen LogP contribution in [0, 0.1) is 13.8 Å². The number of aromatic nitrogens is 4. The molecule has 30 heavy (non-hydrogen) atoms. The molecule has 0 spiro atoms. The molecule has 1 unspecified atom stereocenters. The summed E-state index contributed by atoms with van der Waals surface area (Å²) < 4.78 is 8.10. The van der Waals surface area contributed by atoms with Crippen LogP contribution < -0.4 is 4.90 Å². The maximum absolute atomic E-state index is 6.26. The van der Waals surface area contributed by atoms with E-state index < -0.39 is 5.60 Å². The summed E-state index contributed by atoms with van der Waals surface area (Å²) in [5, 5.41) is 5.57. The lowest BCUT2D eigenvalue weighted by molar-refractivity contribution is -0.0467. The zero-order valence-electron chi connectivity index (χ0n) is 18.3. The quantitative estimate of drug-likeness (QED) is 0.637. The van der Waals surface area contributed by atoms with Crippen LogP contribution in [0.1, 0.15) is 41.6 Å². The Hall–Kier alpha value is -2.03. The summed E-state index contributed by atoms with van der Waals surface area (Å²) in [6, 6.07) is 0. The Morgan fingerprint density at radius 2 is 1.97 bits per heavy atom. The van der Waals surface area contributed by atoms with Crippen molar-refractivity contribution in [3.05, 3.63) is 34.2 Å². The van der Waals surface area contributed by atoms with E-state index in [4.69, 9.17) is 14.7 Å². The molecule has 1 atom stereocenters. The van der Waals surface area contributed by atoms with Crippen LogP contribution in [0.15, 0.2) is 12.4 Å². The molecule has 160 valence electrons. The number of morpholine rings is 1. The van der Waals surface area contributed by atoms with Gasteiger partial charge in [-0.25, -0.2) is 9.97 Å². The monoisotopic (exact) mass is 426 g/mol. The van der Waals surface area contributed by atoms with Gasteiger partial charge in [0.05, 0.1) is 31.3 Å². The van der Waals surface area contributed by atoms with Crippen LogP contribution in [0.5, 0.6) is 0 Å². The van der Waals surface area contributed by atoms with Crippen LogP contribution in [-0.2, 0) is 23.9 Å². The van der Waals surface area contributed by atoms with Crippen LogP contribution in [0.3, 0.4) is 0 Å². The van der Waals surface area contributed by atoms with Crippen LogP contribution in [-0.4, -0.2) is 57.4 Å². The van der Waals surface area contributed by atoms with Crippen LogP contribution in [0.4, 0.5) is 5.82 Å². The summed E-state index contributed by atoms with van der Waals surface area (Å²) in [6.45, 7) is 11.9. The highest BCUT2D eigenvalue weighted by Crippen LogP contribution is 2.38. The van der Waals surface area contributed by atoms with Crippen molar-refractivity contribution in [3.63, 3.8) is 0 Å². The lowest BCUT2D eigenvalue weighted by atomic mass is 9.96. The number of nitrogens with zero attached hydrogens (tertiary/aromatic N) is 6. The minimum absolute atomic E-state index is 0.405. The Kier molecular flexibility index (Phi) is 5.03. The Balaban J connectivity index is 1.54. The molecule has 0 saturated carbocycles. The molecule has 3 aromatic rings. The van der Waals surface area contributed by atoms with E-state index >= 15 is 0 Å². The molecule has 8 heteroatoms. The maximum atomic E-state index is 6.26. The zero-order chi connectivity index (χ0) is 20.9. The summed E-state index contributed by atoms with van der Waals surface area (Å²) in [5.41, 5.74) is 2.00. The lowest BCUT2D eigenvalue weighted by Gasteiger charge is -2.41. The summed E-state index contributed by atoms with van der Waals surface area (Å²) in [5.74, 6) is 2.00. The number of thiophene rings is 1. The minimum Gasteiger partial charge on any atom is -0.367 e. The summed E-state index contributed by atoms with van der Waals surface area (Å²) >= 11 is 1.79. The second-order valence-corrected chi connectivity index (χ2v) is 10.0. The third-order valence-corrected chi connectivity index (χ3v) is 7.61. The number of ether oxygens (including phenoxy) is 1. The molecule has 0 N–H and O–H groups in total. The van der Waals surface area contributed by atoms with Gasteiger partial charge >= 0.3 is 0 Å². The average Bonchev–Trinajstić information content (AvgIpc) is 3.44. The normalized spacial score (nSPS) is 23.0. The molecule has 2 saturated heterocycles. The van der Waals surface area contributed by atoms with E-state index in [1.54, 1.807) is 11.3 Å². The van der Waals surface area contributed by atoms with Crippen LogP contribution in [0.25, 0.3) is 10.2 Å². The molecule has 0 bridgehead atoms. The van der Waals surface area contributed by atoms with E-state index in [0.29, 0.717) is 6.61 Å². The largest absolute Gasteiger partial charge is 0.367 e. The summed E-state index contributed by atoms with van der Waals surface area (Å²) in [4.78, 5) is 17.4. The van der Waals surface area contributed by atoms with Gasteiger partial charge in [-0.05, 0) is 52.3 Å². The van der Waals surface area contributed by atoms with Gasteiger partial charge in [-0.2, -0.15) is 5.10 Å². The number of rotatable bonds is 4. The van der Waals surface area contributed by atoms with Gasteiger partial charge < -0.3 is 9.64 Å². The molecule has 0 radical (unpaired) electrons. The topological polar surface area (TPSA) is 59.3 Å². The predicted octanol–water partition coefficient (Wildman–Crippen LogP) is 3.39. The van der Waals surface area contributed by atoms with E-state index in [1.165, 1.54) is 28.7 Å². The highest BCUT2D eigenvalue weighted by Gasteiger charge is 2.36. The maximum Gasteiger partial charge on any atom is 0.146 e. The molecule has 2 fully saturated rings. The number of aryl methyl sites for hydroxylation is 3. The molecular formula is C22H30N6OS. The first-order valence-electron chi connectivity index (χ1n) is 10.8. The van der Waals surface area contributed by atoms with E-state index in [0.717, 1.165) is 54.8 Å². The number of hydrogen-bond donors (Lipinski definition) is 0. The Morgan fingerprint density at radius 1 is 1.17 bits per heavy atom. The number of fused-ring (bicyclic) bond motifs is 1. The fourth-order valence-corrected chi connectivity index (χ4v) is 5.67. The SMILES string of the molecule is Cc1sc2nc(CN3CCCC3)nc(N3CCOC(C)(c4cnn(C)c4)C3)c2c1C. The van der Waals surface area contributed by atoms with Gasteiger partial charge in [-0.15, -0.1) is 11.3 Å². The van der Waals surface area contributed by atoms with Gasteiger partial charge in [0.1, 0.15) is 22.1 Å². The first-order valence-corrected chi connectivity index (χ1v) is 11.6. The average molecular weight is 427 g/mol. The Morgan fingerprint density at radius 3 is 2.70 bits per heavy atom. The Bertz CT molecular complexity index is 1070. The fourth-order valence-electron chi connectivity index (χ4n) is 4.63. The first kappa shape index (κ1) is 19.9. The second kappa shape index (κ2) is 7.59. The molecular weight excluding hydrogens is 396 g/mol. The lowest BCUT2D eigenvalue weighted by Crippen LogP contribution is -2.48. The number of anilines is 1. The summed E-state index contributed by atoms with van der Waals surface area (Å²) in [7, 11) is 1.95. The van der Waals surface area contributed by atoms with Crippen molar-refractivity contribution >= 4 is 27.4 Å². The van der Waals surface area contributed by atoms with Crippen LogP contribution >= 0.6 is 11.3 Å². The van der Waals surface area contributed by atoms with Crippen molar-refractivity contribution in [2.24, 2.45) is 7.05 Å². The van der Waals surface area contributed by atoms with E-state index in [9.17, 15) is 0 Å². The smallest absolute Gasteiger partial charge is 0.146 e.